The predicted molar refractivity (Wildman–Crippen MR) is 89.5 cm³/mol. The lowest BCUT2D eigenvalue weighted by atomic mass is 10.1. The molecular weight excluding hydrogens is 284 g/mol. The number of benzene rings is 2. The van der Waals surface area contributed by atoms with Crippen LogP contribution in [0.3, 0.4) is 0 Å². The molecule has 20 heavy (non-hydrogen) atoms. The Kier molecular flexibility index (Phi) is 4.23. The van der Waals surface area contributed by atoms with Gasteiger partial charge < -0.3 is 5.73 Å². The van der Waals surface area contributed by atoms with Crippen LogP contribution < -0.4 is 5.73 Å². The number of hydrogen-bond donors (Lipinski definition) is 1. The van der Waals surface area contributed by atoms with Gasteiger partial charge in [0.1, 0.15) is 0 Å². The number of aryl methyl sites for hydroxylation is 1. The van der Waals surface area contributed by atoms with E-state index in [9.17, 15) is 0 Å². The summed E-state index contributed by atoms with van der Waals surface area (Å²) >= 11 is 3.62. The van der Waals surface area contributed by atoms with Crippen LogP contribution in [0.4, 0.5) is 5.69 Å². The van der Waals surface area contributed by atoms with Gasteiger partial charge in [0.15, 0.2) is 4.34 Å². The molecule has 102 valence electrons. The Labute approximate surface area is 127 Å². The fourth-order valence-electron chi connectivity index (χ4n) is 2.10. The van der Waals surface area contributed by atoms with Gasteiger partial charge in [-0.05, 0) is 42.7 Å². The standard InChI is InChI=1S/C16H16N2S2/c17-13-7-3-5-12(11-13)6-4-10-19-16-18-14-8-1-2-9-15(14)20-16/h1-3,5,7-9,11H,4,6,10,17H2. The Morgan fingerprint density at radius 3 is 2.85 bits per heavy atom. The molecule has 0 saturated carbocycles. The van der Waals surface area contributed by atoms with Crippen molar-refractivity contribution >= 4 is 39.0 Å². The minimum atomic E-state index is 0.848. The number of aromatic nitrogens is 1. The summed E-state index contributed by atoms with van der Waals surface area (Å²) in [7, 11) is 0. The van der Waals surface area contributed by atoms with Crippen molar-refractivity contribution < 1.29 is 0 Å². The molecule has 3 rings (SSSR count). The Hall–Kier alpha value is -1.52. The van der Waals surface area contributed by atoms with Crippen molar-refractivity contribution in [2.75, 3.05) is 11.5 Å². The maximum absolute atomic E-state index is 5.78. The molecule has 2 aromatic carbocycles. The largest absolute Gasteiger partial charge is 0.399 e. The monoisotopic (exact) mass is 300 g/mol. The molecule has 0 bridgehead atoms. The normalized spacial score (nSPS) is 11.0. The van der Waals surface area contributed by atoms with Crippen molar-refractivity contribution in [1.29, 1.82) is 0 Å². The summed E-state index contributed by atoms with van der Waals surface area (Å²) in [6.07, 6.45) is 2.22. The molecule has 0 spiro atoms. The van der Waals surface area contributed by atoms with Gasteiger partial charge in [-0.15, -0.1) is 11.3 Å². The van der Waals surface area contributed by atoms with Gasteiger partial charge in [0, 0.05) is 11.4 Å². The summed E-state index contributed by atoms with van der Waals surface area (Å²) in [4.78, 5) is 4.63. The van der Waals surface area contributed by atoms with E-state index in [4.69, 9.17) is 5.73 Å². The first-order chi connectivity index (χ1) is 9.81. The summed E-state index contributed by atoms with van der Waals surface area (Å²) < 4.78 is 2.43. The van der Waals surface area contributed by atoms with Gasteiger partial charge in [-0.2, -0.15) is 0 Å². The highest BCUT2D eigenvalue weighted by Crippen LogP contribution is 2.29. The average Bonchev–Trinajstić information content (AvgIpc) is 2.86. The van der Waals surface area contributed by atoms with Crippen molar-refractivity contribution in [3.63, 3.8) is 0 Å². The highest BCUT2D eigenvalue weighted by molar-refractivity contribution is 8.01. The molecule has 1 aromatic heterocycles. The molecule has 0 atom stereocenters. The van der Waals surface area contributed by atoms with Gasteiger partial charge in [-0.1, -0.05) is 36.0 Å². The van der Waals surface area contributed by atoms with E-state index >= 15 is 0 Å². The highest BCUT2D eigenvalue weighted by Gasteiger charge is 2.03. The number of para-hydroxylation sites is 1. The molecule has 4 heteroatoms. The van der Waals surface area contributed by atoms with E-state index in [1.807, 2.05) is 30.0 Å². The van der Waals surface area contributed by atoms with Gasteiger partial charge in [-0.25, -0.2) is 4.98 Å². The maximum atomic E-state index is 5.78. The summed E-state index contributed by atoms with van der Waals surface area (Å²) in [5.74, 6) is 1.09. The zero-order valence-electron chi connectivity index (χ0n) is 11.1. The number of thioether (sulfide) groups is 1. The molecule has 0 saturated heterocycles. The third kappa shape index (κ3) is 3.32. The topological polar surface area (TPSA) is 38.9 Å². The number of nitrogens with zero attached hydrogens (tertiary/aromatic N) is 1. The molecule has 1 heterocycles. The second-order valence-corrected chi connectivity index (χ2v) is 7.02. The third-order valence-corrected chi connectivity index (χ3v) is 5.33. The zero-order valence-corrected chi connectivity index (χ0v) is 12.7. The molecule has 0 aliphatic carbocycles. The lowest BCUT2D eigenvalue weighted by molar-refractivity contribution is 0.933. The number of nitrogen functional groups attached to an aromatic ring is 1. The Balaban J connectivity index is 1.52. The van der Waals surface area contributed by atoms with E-state index in [1.165, 1.54) is 14.6 Å². The molecule has 2 nitrogen and oxygen atoms in total. The van der Waals surface area contributed by atoms with Gasteiger partial charge in [-0.3, -0.25) is 0 Å². The lowest BCUT2D eigenvalue weighted by Crippen LogP contribution is -1.90. The van der Waals surface area contributed by atoms with E-state index in [-0.39, 0.29) is 0 Å². The first-order valence-corrected chi connectivity index (χ1v) is 8.44. The number of rotatable bonds is 5. The number of nitrogens with two attached hydrogens (primary N) is 1. The molecule has 0 fully saturated rings. The fourth-order valence-corrected chi connectivity index (χ4v) is 4.18. The van der Waals surface area contributed by atoms with Crippen LogP contribution in [-0.2, 0) is 6.42 Å². The van der Waals surface area contributed by atoms with Crippen molar-refractivity contribution in [3.8, 4) is 0 Å². The predicted octanol–water partition coefficient (Wildman–Crippen LogP) is 4.60. The Bertz CT molecular complexity index is 673. The van der Waals surface area contributed by atoms with E-state index < -0.39 is 0 Å². The summed E-state index contributed by atoms with van der Waals surface area (Å²) in [5, 5.41) is 0. The van der Waals surface area contributed by atoms with Crippen molar-refractivity contribution in [2.45, 2.75) is 17.2 Å². The van der Waals surface area contributed by atoms with Gasteiger partial charge in [0.25, 0.3) is 0 Å². The van der Waals surface area contributed by atoms with E-state index in [2.05, 4.69) is 35.3 Å². The fraction of sp³-hybridized carbons (Fsp3) is 0.188. The van der Waals surface area contributed by atoms with Gasteiger partial charge >= 0.3 is 0 Å². The maximum Gasteiger partial charge on any atom is 0.151 e. The second-order valence-electron chi connectivity index (χ2n) is 4.64. The van der Waals surface area contributed by atoms with Crippen LogP contribution in [0.1, 0.15) is 12.0 Å². The quantitative estimate of drug-likeness (QED) is 0.425. The van der Waals surface area contributed by atoms with Crippen LogP contribution in [0.2, 0.25) is 0 Å². The minimum absolute atomic E-state index is 0.848. The van der Waals surface area contributed by atoms with Crippen molar-refractivity contribution in [3.05, 3.63) is 54.1 Å². The Morgan fingerprint density at radius 1 is 1.10 bits per heavy atom. The first kappa shape index (κ1) is 13.5. The van der Waals surface area contributed by atoms with Gasteiger partial charge in [0.2, 0.25) is 0 Å². The molecule has 0 amide bonds. The van der Waals surface area contributed by atoms with Crippen LogP contribution in [0.15, 0.2) is 52.9 Å². The third-order valence-electron chi connectivity index (χ3n) is 3.06. The average molecular weight is 300 g/mol. The SMILES string of the molecule is Nc1cccc(CCCSc2nc3ccccc3s2)c1. The molecule has 0 aliphatic heterocycles. The smallest absolute Gasteiger partial charge is 0.151 e. The molecule has 3 aromatic rings. The summed E-state index contributed by atoms with van der Waals surface area (Å²) in [5.41, 5.74) is 9.05. The van der Waals surface area contributed by atoms with Crippen molar-refractivity contribution in [2.24, 2.45) is 0 Å². The van der Waals surface area contributed by atoms with E-state index in [0.717, 1.165) is 29.8 Å². The number of thiazole rings is 1. The number of fused-ring (bicyclic) bond motifs is 1. The minimum Gasteiger partial charge on any atom is -0.399 e. The van der Waals surface area contributed by atoms with E-state index in [0.29, 0.717) is 0 Å². The summed E-state index contributed by atoms with van der Waals surface area (Å²) in [6, 6.07) is 16.4. The van der Waals surface area contributed by atoms with Crippen LogP contribution in [0.5, 0.6) is 0 Å². The van der Waals surface area contributed by atoms with Crippen molar-refractivity contribution in [1.82, 2.24) is 4.98 Å². The van der Waals surface area contributed by atoms with E-state index in [1.54, 1.807) is 11.3 Å². The van der Waals surface area contributed by atoms with Crippen LogP contribution in [-0.4, -0.2) is 10.7 Å². The highest BCUT2D eigenvalue weighted by atomic mass is 32.2. The number of hydrogen-bond acceptors (Lipinski definition) is 4. The first-order valence-electron chi connectivity index (χ1n) is 6.64. The number of anilines is 1. The molecule has 2 N–H and O–H groups in total. The molecule has 0 radical (unpaired) electrons. The molecule has 0 unspecified atom stereocenters. The second kappa shape index (κ2) is 6.29. The van der Waals surface area contributed by atoms with Crippen LogP contribution in [0.25, 0.3) is 10.2 Å². The van der Waals surface area contributed by atoms with Crippen LogP contribution in [0, 0.1) is 0 Å². The van der Waals surface area contributed by atoms with Gasteiger partial charge in [0.05, 0.1) is 10.2 Å². The molecule has 0 aliphatic rings. The van der Waals surface area contributed by atoms with Crippen LogP contribution >= 0.6 is 23.1 Å². The zero-order chi connectivity index (χ0) is 13.8. The Morgan fingerprint density at radius 2 is 2.00 bits per heavy atom. The summed E-state index contributed by atoms with van der Waals surface area (Å²) in [6.45, 7) is 0. The molecular formula is C16H16N2S2. The lowest BCUT2D eigenvalue weighted by Gasteiger charge is -2.01.